The number of hydrogen-bond donors (Lipinski definition) is 0. The van der Waals surface area contributed by atoms with Crippen LogP contribution < -0.4 is 10.3 Å². The fourth-order valence-electron chi connectivity index (χ4n) is 3.77. The lowest BCUT2D eigenvalue weighted by molar-refractivity contribution is 0.0997. The van der Waals surface area contributed by atoms with Crippen LogP contribution in [0.15, 0.2) is 23.0 Å². The Bertz CT molecular complexity index is 1110. The molecular formula is C19H18N4O2. The Balaban J connectivity index is 1.90. The minimum Gasteiger partial charge on any atom is -0.481 e. The third-order valence-corrected chi connectivity index (χ3v) is 5.03. The molecule has 0 saturated heterocycles. The number of nitrogens with zero attached hydrogens (tertiary/aromatic N) is 4. The number of aryl methyl sites for hydroxylation is 2. The maximum Gasteiger partial charge on any atom is 0.279 e. The molecule has 0 N–H and O–H groups in total. The molecule has 25 heavy (non-hydrogen) atoms. The molecule has 6 nitrogen and oxygen atoms in total. The van der Waals surface area contributed by atoms with Crippen molar-refractivity contribution >= 4 is 5.78 Å². The van der Waals surface area contributed by atoms with Crippen LogP contribution in [0.4, 0.5) is 0 Å². The molecule has 3 aromatic rings. The number of aromatic nitrogens is 4. The van der Waals surface area contributed by atoms with Gasteiger partial charge in [0.2, 0.25) is 0 Å². The van der Waals surface area contributed by atoms with Gasteiger partial charge in [-0.05, 0) is 52.2 Å². The number of hydrogen-bond acceptors (Lipinski definition) is 5. The molecule has 0 radical (unpaired) electrons. The van der Waals surface area contributed by atoms with Crippen LogP contribution in [0.2, 0.25) is 0 Å². The van der Waals surface area contributed by atoms with Gasteiger partial charge in [0.1, 0.15) is 22.7 Å². The van der Waals surface area contributed by atoms with E-state index >= 15 is 0 Å². The second kappa shape index (κ2) is 4.65. The molecule has 0 saturated carbocycles. The molecule has 0 amide bonds. The van der Waals surface area contributed by atoms with Crippen molar-refractivity contribution in [3.05, 3.63) is 51.1 Å². The molecule has 0 bridgehead atoms. The van der Waals surface area contributed by atoms with Crippen LogP contribution in [0.5, 0.6) is 5.75 Å². The van der Waals surface area contributed by atoms with Gasteiger partial charge >= 0.3 is 0 Å². The van der Waals surface area contributed by atoms with E-state index in [9.17, 15) is 4.79 Å². The van der Waals surface area contributed by atoms with Gasteiger partial charge in [0.25, 0.3) is 11.3 Å². The van der Waals surface area contributed by atoms with Gasteiger partial charge in [-0.2, -0.15) is 9.61 Å². The van der Waals surface area contributed by atoms with Crippen LogP contribution in [-0.2, 0) is 18.4 Å². The molecular weight excluding hydrogens is 316 g/mol. The fraction of sp³-hybridized carbons (Fsp3) is 0.368. The highest BCUT2D eigenvalue weighted by atomic mass is 16.5. The molecule has 126 valence electrons. The lowest BCUT2D eigenvalue weighted by atomic mass is 9.93. The maximum atomic E-state index is 12.8. The number of ether oxygens (including phenoxy) is 1. The van der Waals surface area contributed by atoms with E-state index in [0.717, 1.165) is 53.1 Å². The summed E-state index contributed by atoms with van der Waals surface area (Å²) in [6, 6.07) is 5.98. The summed E-state index contributed by atoms with van der Waals surface area (Å²) in [5, 5.41) is 4.67. The van der Waals surface area contributed by atoms with E-state index in [1.165, 1.54) is 4.52 Å². The Morgan fingerprint density at radius 1 is 1.20 bits per heavy atom. The third kappa shape index (κ3) is 1.97. The van der Waals surface area contributed by atoms with Crippen molar-refractivity contribution in [2.24, 2.45) is 0 Å². The van der Waals surface area contributed by atoms with Crippen molar-refractivity contribution in [1.82, 2.24) is 19.6 Å². The monoisotopic (exact) mass is 334 g/mol. The molecule has 1 aliphatic heterocycles. The topological polar surface area (TPSA) is 69.4 Å². The molecule has 2 aromatic heterocycles. The molecule has 3 heterocycles. The lowest BCUT2D eigenvalue weighted by Gasteiger charge is -2.33. The first-order valence-electron chi connectivity index (χ1n) is 8.57. The Hall–Kier alpha value is -2.76. The Morgan fingerprint density at radius 2 is 2.04 bits per heavy atom. The molecule has 2 aliphatic rings. The minimum atomic E-state index is -0.636. The second-order valence-electron chi connectivity index (χ2n) is 7.33. The quantitative estimate of drug-likeness (QED) is 0.632. The second-order valence-corrected chi connectivity index (χ2v) is 7.33. The summed E-state index contributed by atoms with van der Waals surface area (Å²) >= 11 is 0. The molecule has 0 spiro atoms. The normalized spacial score (nSPS) is 16.9. The molecule has 0 atom stereocenters. The van der Waals surface area contributed by atoms with E-state index in [0.29, 0.717) is 11.5 Å². The predicted molar refractivity (Wildman–Crippen MR) is 92.9 cm³/mol. The van der Waals surface area contributed by atoms with Crippen molar-refractivity contribution in [1.29, 1.82) is 0 Å². The Labute approximate surface area is 144 Å². The van der Waals surface area contributed by atoms with E-state index in [4.69, 9.17) is 9.72 Å². The average molecular weight is 334 g/mol. The average Bonchev–Trinajstić information content (AvgIpc) is 3.03. The van der Waals surface area contributed by atoms with Crippen molar-refractivity contribution in [3.63, 3.8) is 0 Å². The molecule has 1 aliphatic carbocycles. The van der Waals surface area contributed by atoms with Gasteiger partial charge < -0.3 is 4.74 Å². The summed E-state index contributed by atoms with van der Waals surface area (Å²) in [5.41, 5.74) is 4.31. The van der Waals surface area contributed by atoms with E-state index in [2.05, 4.69) is 10.1 Å². The first-order chi connectivity index (χ1) is 11.9. The summed E-state index contributed by atoms with van der Waals surface area (Å²) < 4.78 is 7.51. The molecule has 6 heteroatoms. The third-order valence-electron chi connectivity index (χ3n) is 5.03. The SMILES string of the molecule is Cc1ccc2c(c1)-c1nn3c(=O)c4c(nc3nc1C(C)(C)O2)CCC4. The van der Waals surface area contributed by atoms with Crippen LogP contribution in [-0.4, -0.2) is 19.6 Å². The Morgan fingerprint density at radius 3 is 2.88 bits per heavy atom. The van der Waals surface area contributed by atoms with Gasteiger partial charge in [-0.3, -0.25) is 4.79 Å². The van der Waals surface area contributed by atoms with E-state index in [1.54, 1.807) is 0 Å². The van der Waals surface area contributed by atoms with Crippen LogP contribution in [0, 0.1) is 6.92 Å². The van der Waals surface area contributed by atoms with E-state index in [-0.39, 0.29) is 5.56 Å². The van der Waals surface area contributed by atoms with Crippen molar-refractivity contribution < 1.29 is 4.74 Å². The van der Waals surface area contributed by atoms with Gasteiger partial charge in [0.05, 0.1) is 5.69 Å². The van der Waals surface area contributed by atoms with Crippen molar-refractivity contribution in [3.8, 4) is 17.0 Å². The largest absolute Gasteiger partial charge is 0.481 e. The standard InChI is InChI=1S/C19H18N4O2/c1-10-7-8-14-12(9-10)15-16(19(2,3)25-14)21-18-20-13-6-4-5-11(13)17(24)23(18)22-15/h7-9H,4-6H2,1-3H3. The van der Waals surface area contributed by atoms with Gasteiger partial charge in [0, 0.05) is 11.1 Å². The van der Waals surface area contributed by atoms with E-state index in [1.807, 2.05) is 39.0 Å². The predicted octanol–water partition coefficient (Wildman–Crippen LogP) is 2.58. The molecule has 0 fully saturated rings. The number of benzene rings is 1. The van der Waals surface area contributed by atoms with Crippen LogP contribution in [0.25, 0.3) is 17.0 Å². The van der Waals surface area contributed by atoms with Crippen LogP contribution in [0.3, 0.4) is 0 Å². The minimum absolute atomic E-state index is 0.0914. The fourth-order valence-corrected chi connectivity index (χ4v) is 3.77. The van der Waals surface area contributed by atoms with Gasteiger partial charge in [-0.15, -0.1) is 0 Å². The molecule has 1 aromatic carbocycles. The molecule has 0 unspecified atom stereocenters. The lowest BCUT2D eigenvalue weighted by Crippen LogP contribution is -2.34. The summed E-state index contributed by atoms with van der Waals surface area (Å²) in [4.78, 5) is 22.1. The highest BCUT2D eigenvalue weighted by Gasteiger charge is 2.36. The highest BCUT2D eigenvalue weighted by molar-refractivity contribution is 5.73. The van der Waals surface area contributed by atoms with Gasteiger partial charge in [-0.25, -0.2) is 9.97 Å². The number of fused-ring (bicyclic) bond motifs is 5. The first kappa shape index (κ1) is 14.6. The maximum absolute atomic E-state index is 12.8. The highest BCUT2D eigenvalue weighted by Crippen LogP contribution is 2.43. The summed E-state index contributed by atoms with van der Waals surface area (Å²) in [7, 11) is 0. The van der Waals surface area contributed by atoms with Gasteiger partial charge in [-0.1, -0.05) is 11.6 Å². The van der Waals surface area contributed by atoms with E-state index < -0.39 is 5.60 Å². The summed E-state index contributed by atoms with van der Waals surface area (Å²) in [5.74, 6) is 1.12. The van der Waals surface area contributed by atoms with Gasteiger partial charge in [0.15, 0.2) is 0 Å². The van der Waals surface area contributed by atoms with Crippen LogP contribution >= 0.6 is 0 Å². The van der Waals surface area contributed by atoms with Crippen molar-refractivity contribution in [2.45, 2.75) is 45.6 Å². The van der Waals surface area contributed by atoms with Crippen LogP contribution in [0.1, 0.15) is 42.8 Å². The van der Waals surface area contributed by atoms with Crippen molar-refractivity contribution in [2.75, 3.05) is 0 Å². The smallest absolute Gasteiger partial charge is 0.279 e. The number of rotatable bonds is 0. The summed E-state index contributed by atoms with van der Waals surface area (Å²) in [6.45, 7) is 5.95. The zero-order valence-corrected chi connectivity index (χ0v) is 14.5. The zero-order chi connectivity index (χ0) is 17.3. The first-order valence-corrected chi connectivity index (χ1v) is 8.57. The zero-order valence-electron chi connectivity index (χ0n) is 14.5. The Kier molecular flexibility index (Phi) is 2.71. The molecule has 5 rings (SSSR count). The summed E-state index contributed by atoms with van der Waals surface area (Å²) in [6.07, 6.45) is 2.57.